The number of sulfonamides is 1. The first kappa shape index (κ1) is 24.1. The van der Waals surface area contributed by atoms with E-state index < -0.39 is 15.9 Å². The Morgan fingerprint density at radius 1 is 1.20 bits per heavy atom. The van der Waals surface area contributed by atoms with Gasteiger partial charge < -0.3 is 0 Å². The number of nitrogens with zero attached hydrogens (tertiary/aromatic N) is 4. The lowest BCUT2D eigenvalue weighted by atomic mass is 9.98. The van der Waals surface area contributed by atoms with Crippen molar-refractivity contribution < 1.29 is 13.2 Å². The molecule has 0 spiro atoms. The molecule has 0 saturated carbocycles. The molecule has 1 aliphatic rings. The zero-order chi connectivity index (χ0) is 24.6. The van der Waals surface area contributed by atoms with Crippen LogP contribution in [0.2, 0.25) is 0 Å². The Morgan fingerprint density at radius 3 is 2.80 bits per heavy atom. The first-order valence-electron chi connectivity index (χ1n) is 11.5. The van der Waals surface area contributed by atoms with Crippen molar-refractivity contribution in [3.63, 3.8) is 0 Å². The molecule has 0 bridgehead atoms. The summed E-state index contributed by atoms with van der Waals surface area (Å²) in [6, 6.07) is 13.1. The molecule has 4 heterocycles. The monoisotopic (exact) mass is 526 g/mol. The molecule has 182 valence electrons. The predicted molar refractivity (Wildman–Crippen MR) is 140 cm³/mol. The summed E-state index contributed by atoms with van der Waals surface area (Å²) >= 11 is 2.69. The summed E-state index contributed by atoms with van der Waals surface area (Å²) in [5.74, 6) is -0.563. The Bertz CT molecular complexity index is 1450. The van der Waals surface area contributed by atoms with Gasteiger partial charge in [0.05, 0.1) is 28.4 Å². The van der Waals surface area contributed by atoms with E-state index in [-0.39, 0.29) is 19.0 Å². The fourth-order valence-electron chi connectivity index (χ4n) is 4.49. The van der Waals surface area contributed by atoms with Gasteiger partial charge in [0.1, 0.15) is 4.21 Å². The SMILES string of the molecule is Cc1cc(C)c2sc(N(Cc3ccccn3)C(=O)C3CCCN(S(=O)(=O)c4cccs4)C3)nc2c1. The number of aromatic nitrogens is 2. The highest BCUT2D eigenvalue weighted by molar-refractivity contribution is 7.91. The topological polar surface area (TPSA) is 83.5 Å². The highest BCUT2D eigenvalue weighted by atomic mass is 32.2. The molecule has 0 radical (unpaired) electrons. The number of anilines is 1. The van der Waals surface area contributed by atoms with Crippen LogP contribution in [0.25, 0.3) is 10.2 Å². The molecule has 0 N–H and O–H groups in total. The van der Waals surface area contributed by atoms with Gasteiger partial charge in [-0.3, -0.25) is 14.7 Å². The molecule has 1 saturated heterocycles. The molecule has 1 atom stereocenters. The van der Waals surface area contributed by atoms with Gasteiger partial charge in [0.15, 0.2) is 5.13 Å². The predicted octanol–water partition coefficient (Wildman–Crippen LogP) is 5.00. The summed E-state index contributed by atoms with van der Waals surface area (Å²) in [4.78, 5) is 24.9. The largest absolute Gasteiger partial charge is 0.282 e. The van der Waals surface area contributed by atoms with E-state index in [0.29, 0.717) is 28.7 Å². The van der Waals surface area contributed by atoms with Gasteiger partial charge in [-0.1, -0.05) is 29.5 Å². The number of fused-ring (bicyclic) bond motifs is 1. The summed E-state index contributed by atoms with van der Waals surface area (Å²) in [6.07, 6.45) is 2.98. The summed E-state index contributed by atoms with van der Waals surface area (Å²) in [5.41, 5.74) is 3.87. The number of rotatable bonds is 6. The quantitative estimate of drug-likeness (QED) is 0.353. The van der Waals surface area contributed by atoms with Crippen LogP contribution in [0.1, 0.15) is 29.7 Å². The van der Waals surface area contributed by atoms with E-state index in [1.165, 1.54) is 27.0 Å². The number of piperidine rings is 1. The normalized spacial score (nSPS) is 17.0. The number of amides is 1. The Balaban J connectivity index is 1.48. The van der Waals surface area contributed by atoms with Crippen molar-refractivity contribution in [1.29, 1.82) is 0 Å². The third kappa shape index (κ3) is 4.88. The molecule has 1 amide bonds. The smallest absolute Gasteiger partial charge is 0.252 e. The van der Waals surface area contributed by atoms with Gasteiger partial charge >= 0.3 is 0 Å². The highest BCUT2D eigenvalue weighted by Crippen LogP contribution is 2.35. The van der Waals surface area contributed by atoms with Crippen molar-refractivity contribution in [3.8, 4) is 0 Å². The summed E-state index contributed by atoms with van der Waals surface area (Å²) in [5, 5.41) is 2.37. The lowest BCUT2D eigenvalue weighted by Gasteiger charge is -2.33. The van der Waals surface area contributed by atoms with Crippen LogP contribution < -0.4 is 4.90 Å². The van der Waals surface area contributed by atoms with E-state index in [1.54, 1.807) is 28.6 Å². The van der Waals surface area contributed by atoms with Crippen molar-refractivity contribution in [1.82, 2.24) is 14.3 Å². The van der Waals surface area contributed by atoms with Crippen LogP contribution in [0, 0.1) is 19.8 Å². The molecule has 5 rings (SSSR count). The third-order valence-electron chi connectivity index (χ3n) is 6.17. The van der Waals surface area contributed by atoms with Gasteiger partial charge in [0.2, 0.25) is 5.91 Å². The van der Waals surface area contributed by atoms with Gasteiger partial charge in [-0.15, -0.1) is 11.3 Å². The number of thiazole rings is 1. The van der Waals surface area contributed by atoms with Gasteiger partial charge in [-0.2, -0.15) is 4.31 Å². The second-order valence-electron chi connectivity index (χ2n) is 8.81. The van der Waals surface area contributed by atoms with Crippen LogP contribution in [0.4, 0.5) is 5.13 Å². The first-order chi connectivity index (χ1) is 16.8. The van der Waals surface area contributed by atoms with Crippen molar-refractivity contribution >= 4 is 54.0 Å². The molecule has 35 heavy (non-hydrogen) atoms. The minimum absolute atomic E-state index is 0.116. The molecule has 4 aromatic rings. The molecule has 1 aliphatic heterocycles. The minimum atomic E-state index is -3.61. The Hall–Kier alpha value is -2.66. The number of hydrogen-bond acceptors (Lipinski definition) is 7. The van der Waals surface area contributed by atoms with E-state index in [9.17, 15) is 13.2 Å². The van der Waals surface area contributed by atoms with Crippen molar-refractivity contribution in [3.05, 3.63) is 70.9 Å². The highest BCUT2D eigenvalue weighted by Gasteiger charge is 2.36. The van der Waals surface area contributed by atoms with Crippen LogP contribution in [0.5, 0.6) is 0 Å². The number of thiophene rings is 1. The first-order valence-corrected chi connectivity index (χ1v) is 14.6. The Morgan fingerprint density at radius 2 is 2.06 bits per heavy atom. The maximum absolute atomic E-state index is 13.9. The molecular formula is C25H26N4O3S3. The van der Waals surface area contributed by atoms with E-state index in [0.717, 1.165) is 27.0 Å². The second kappa shape index (κ2) is 9.77. The van der Waals surface area contributed by atoms with Gasteiger partial charge in [-0.05, 0) is 67.5 Å². The van der Waals surface area contributed by atoms with Gasteiger partial charge in [0.25, 0.3) is 10.0 Å². The molecule has 7 nitrogen and oxygen atoms in total. The average Bonchev–Trinajstić information content (AvgIpc) is 3.54. The van der Waals surface area contributed by atoms with Crippen LogP contribution in [-0.2, 0) is 21.4 Å². The van der Waals surface area contributed by atoms with Gasteiger partial charge in [-0.25, -0.2) is 13.4 Å². The molecular weight excluding hydrogens is 501 g/mol. The maximum atomic E-state index is 13.9. The average molecular weight is 527 g/mol. The van der Waals surface area contributed by atoms with Crippen molar-refractivity contribution in [2.75, 3.05) is 18.0 Å². The van der Waals surface area contributed by atoms with Crippen LogP contribution in [0.15, 0.2) is 58.3 Å². The van der Waals surface area contributed by atoms with Crippen LogP contribution in [-0.4, -0.2) is 41.7 Å². The molecule has 1 fully saturated rings. The zero-order valence-electron chi connectivity index (χ0n) is 19.5. The number of hydrogen-bond donors (Lipinski definition) is 0. The zero-order valence-corrected chi connectivity index (χ0v) is 22.0. The summed E-state index contributed by atoms with van der Waals surface area (Å²) < 4.78 is 29.1. The number of carbonyl (C=O) groups is 1. The van der Waals surface area contributed by atoms with E-state index in [2.05, 4.69) is 18.0 Å². The lowest BCUT2D eigenvalue weighted by molar-refractivity contribution is -0.123. The summed E-state index contributed by atoms with van der Waals surface area (Å²) in [6.45, 7) is 4.96. The fourth-order valence-corrected chi connectivity index (χ4v) is 8.18. The van der Waals surface area contributed by atoms with Crippen molar-refractivity contribution in [2.24, 2.45) is 5.92 Å². The molecule has 1 aromatic carbocycles. The molecule has 3 aromatic heterocycles. The summed E-state index contributed by atoms with van der Waals surface area (Å²) in [7, 11) is -3.61. The fraction of sp³-hybridized carbons (Fsp3) is 0.320. The third-order valence-corrected chi connectivity index (χ3v) is 10.6. The standard InChI is InChI=1S/C25H26N4O3S3/c1-17-13-18(2)23-21(14-17)27-25(34-23)29(16-20-8-3-4-10-26-20)24(30)19-7-5-11-28(15-19)35(31,32)22-9-6-12-33-22/h3-4,6,8-10,12-14,19H,5,7,11,15-16H2,1-2H3. The second-order valence-corrected chi connectivity index (χ2v) is 12.9. The molecule has 1 unspecified atom stereocenters. The number of pyridine rings is 1. The van der Waals surface area contributed by atoms with E-state index >= 15 is 0 Å². The number of aryl methyl sites for hydroxylation is 2. The van der Waals surface area contributed by atoms with E-state index in [1.807, 2.05) is 31.2 Å². The number of carbonyl (C=O) groups excluding carboxylic acids is 1. The maximum Gasteiger partial charge on any atom is 0.252 e. The van der Waals surface area contributed by atoms with E-state index in [4.69, 9.17) is 4.98 Å². The van der Waals surface area contributed by atoms with Crippen molar-refractivity contribution in [2.45, 2.75) is 37.4 Å². The Labute approximate surface area is 213 Å². The molecule has 10 heteroatoms. The minimum Gasteiger partial charge on any atom is -0.282 e. The number of benzene rings is 1. The molecule has 0 aliphatic carbocycles. The lowest BCUT2D eigenvalue weighted by Crippen LogP contribution is -2.46. The van der Waals surface area contributed by atoms with Crippen LogP contribution in [0.3, 0.4) is 0 Å². The van der Waals surface area contributed by atoms with Crippen LogP contribution >= 0.6 is 22.7 Å². The Kier molecular flexibility index (Phi) is 6.71. The van der Waals surface area contributed by atoms with Gasteiger partial charge in [0, 0.05) is 19.3 Å².